The summed E-state index contributed by atoms with van der Waals surface area (Å²) >= 11 is 1.74. The lowest BCUT2D eigenvalue weighted by atomic mass is 10.1. The Morgan fingerprint density at radius 2 is 2.40 bits per heavy atom. The molecule has 114 valence electrons. The lowest BCUT2D eigenvalue weighted by molar-refractivity contribution is -0.0461. The molecule has 1 fully saturated rings. The van der Waals surface area contributed by atoms with E-state index in [1.54, 1.807) is 11.3 Å². The number of ether oxygens (including phenoxy) is 1. The lowest BCUT2D eigenvalue weighted by Crippen LogP contribution is -2.53. The number of rotatable bonds is 8. The minimum atomic E-state index is 0.283. The zero-order chi connectivity index (χ0) is 14.2. The molecule has 1 aromatic heterocycles. The molecule has 2 atom stereocenters. The lowest BCUT2D eigenvalue weighted by Gasteiger charge is -2.37. The minimum Gasteiger partial charge on any atom is -0.374 e. The van der Waals surface area contributed by atoms with E-state index in [0.29, 0.717) is 6.04 Å². The van der Waals surface area contributed by atoms with Crippen LogP contribution in [0.1, 0.15) is 31.7 Å². The maximum Gasteiger partial charge on any atom is 0.0941 e. The normalized spacial score (nSPS) is 22.0. The van der Waals surface area contributed by atoms with Crippen LogP contribution >= 0.6 is 11.3 Å². The first kappa shape index (κ1) is 15.9. The van der Waals surface area contributed by atoms with E-state index in [0.717, 1.165) is 39.1 Å². The van der Waals surface area contributed by atoms with Crippen molar-refractivity contribution in [2.45, 2.75) is 45.3 Å². The molecule has 4 nitrogen and oxygen atoms in total. The smallest absolute Gasteiger partial charge is 0.0941 e. The topological polar surface area (TPSA) is 37.4 Å². The van der Waals surface area contributed by atoms with Gasteiger partial charge in [-0.2, -0.15) is 0 Å². The third-order valence-corrected chi connectivity index (χ3v) is 4.50. The van der Waals surface area contributed by atoms with Crippen molar-refractivity contribution in [3.8, 4) is 0 Å². The Bertz CT molecular complexity index is 356. The molecule has 2 rings (SSSR count). The maximum absolute atomic E-state index is 6.04. The number of nitrogens with zero attached hydrogens (tertiary/aromatic N) is 2. The van der Waals surface area contributed by atoms with Gasteiger partial charge in [0, 0.05) is 37.1 Å². The minimum absolute atomic E-state index is 0.283. The van der Waals surface area contributed by atoms with Gasteiger partial charge < -0.3 is 10.1 Å². The number of morpholine rings is 1. The van der Waals surface area contributed by atoms with Crippen molar-refractivity contribution in [1.82, 2.24) is 15.2 Å². The fourth-order valence-corrected chi connectivity index (χ4v) is 3.38. The standard InChI is InChI=1S/C15H27N3OS/c1-3-5-16-13(11-15-17-6-10-20-15)14-12-18(7-4-2)8-9-19-14/h6,10,13-14,16H,3-5,7-9,11-12H2,1-2H3. The van der Waals surface area contributed by atoms with Gasteiger partial charge >= 0.3 is 0 Å². The van der Waals surface area contributed by atoms with Crippen LogP contribution in [0.25, 0.3) is 0 Å². The van der Waals surface area contributed by atoms with Gasteiger partial charge in [-0.3, -0.25) is 4.90 Å². The average Bonchev–Trinajstić information content (AvgIpc) is 2.97. The summed E-state index contributed by atoms with van der Waals surface area (Å²) < 4.78 is 6.04. The fraction of sp³-hybridized carbons (Fsp3) is 0.800. The van der Waals surface area contributed by atoms with Crippen LogP contribution < -0.4 is 5.32 Å². The molecule has 1 saturated heterocycles. The Balaban J connectivity index is 1.93. The zero-order valence-electron chi connectivity index (χ0n) is 12.7. The molecule has 0 bridgehead atoms. The highest BCUT2D eigenvalue weighted by atomic mass is 32.1. The van der Waals surface area contributed by atoms with Gasteiger partial charge in [-0.15, -0.1) is 11.3 Å². The van der Waals surface area contributed by atoms with Gasteiger partial charge in [0.2, 0.25) is 0 Å². The molecule has 20 heavy (non-hydrogen) atoms. The van der Waals surface area contributed by atoms with Gasteiger partial charge in [-0.1, -0.05) is 13.8 Å². The van der Waals surface area contributed by atoms with Gasteiger partial charge in [0.15, 0.2) is 0 Å². The second-order valence-electron chi connectivity index (χ2n) is 5.40. The molecular formula is C15H27N3OS. The molecular weight excluding hydrogens is 270 g/mol. The molecule has 2 unspecified atom stereocenters. The van der Waals surface area contributed by atoms with Crippen LogP contribution in [-0.4, -0.2) is 54.8 Å². The van der Waals surface area contributed by atoms with E-state index in [2.05, 4.69) is 34.4 Å². The summed E-state index contributed by atoms with van der Waals surface area (Å²) in [6.07, 6.45) is 5.52. The number of hydrogen-bond donors (Lipinski definition) is 1. The molecule has 2 heterocycles. The van der Waals surface area contributed by atoms with Crippen LogP contribution in [-0.2, 0) is 11.2 Å². The van der Waals surface area contributed by atoms with E-state index in [1.165, 1.54) is 18.0 Å². The van der Waals surface area contributed by atoms with Crippen molar-refractivity contribution in [3.05, 3.63) is 16.6 Å². The third kappa shape index (κ3) is 4.81. The molecule has 0 aliphatic carbocycles. The summed E-state index contributed by atoms with van der Waals surface area (Å²) in [5, 5.41) is 6.91. The van der Waals surface area contributed by atoms with Gasteiger partial charge in [0.1, 0.15) is 0 Å². The molecule has 0 aromatic carbocycles. The Morgan fingerprint density at radius 1 is 1.50 bits per heavy atom. The first-order chi connectivity index (χ1) is 9.83. The van der Waals surface area contributed by atoms with E-state index in [1.807, 2.05) is 6.20 Å². The summed E-state index contributed by atoms with van der Waals surface area (Å²) in [4.78, 5) is 6.95. The van der Waals surface area contributed by atoms with Crippen molar-refractivity contribution in [2.75, 3.05) is 32.8 Å². The average molecular weight is 297 g/mol. The molecule has 1 N–H and O–H groups in total. The predicted octanol–water partition coefficient (Wildman–Crippen LogP) is 2.16. The van der Waals surface area contributed by atoms with E-state index < -0.39 is 0 Å². The molecule has 1 aromatic rings. The van der Waals surface area contributed by atoms with Gasteiger partial charge in [0.05, 0.1) is 17.7 Å². The number of thiazole rings is 1. The maximum atomic E-state index is 6.04. The highest BCUT2D eigenvalue weighted by molar-refractivity contribution is 7.09. The van der Waals surface area contributed by atoms with Crippen LogP contribution in [0.3, 0.4) is 0 Å². The molecule has 5 heteroatoms. The van der Waals surface area contributed by atoms with Crippen molar-refractivity contribution < 1.29 is 4.74 Å². The Morgan fingerprint density at radius 3 is 3.10 bits per heavy atom. The molecule has 0 amide bonds. The van der Waals surface area contributed by atoms with Crippen LogP contribution in [0.2, 0.25) is 0 Å². The quantitative estimate of drug-likeness (QED) is 0.798. The largest absolute Gasteiger partial charge is 0.374 e. The van der Waals surface area contributed by atoms with Crippen LogP contribution in [0, 0.1) is 0 Å². The second-order valence-corrected chi connectivity index (χ2v) is 6.38. The third-order valence-electron chi connectivity index (χ3n) is 3.70. The van der Waals surface area contributed by atoms with E-state index >= 15 is 0 Å². The Labute approximate surface area is 126 Å². The monoisotopic (exact) mass is 297 g/mol. The summed E-state index contributed by atoms with van der Waals surface area (Å²) in [6.45, 7) is 9.64. The van der Waals surface area contributed by atoms with Crippen molar-refractivity contribution in [1.29, 1.82) is 0 Å². The fourth-order valence-electron chi connectivity index (χ4n) is 2.70. The van der Waals surface area contributed by atoms with Crippen molar-refractivity contribution >= 4 is 11.3 Å². The number of aromatic nitrogens is 1. The highest BCUT2D eigenvalue weighted by Crippen LogP contribution is 2.15. The first-order valence-electron chi connectivity index (χ1n) is 7.79. The molecule has 1 aliphatic heterocycles. The van der Waals surface area contributed by atoms with E-state index in [4.69, 9.17) is 4.74 Å². The summed E-state index contributed by atoms with van der Waals surface area (Å²) in [5.41, 5.74) is 0. The molecule has 0 spiro atoms. The second kappa shape index (κ2) is 8.72. The van der Waals surface area contributed by atoms with Gasteiger partial charge in [-0.25, -0.2) is 4.98 Å². The molecule has 0 saturated carbocycles. The van der Waals surface area contributed by atoms with Crippen LogP contribution in [0.5, 0.6) is 0 Å². The number of hydrogen-bond acceptors (Lipinski definition) is 5. The SMILES string of the molecule is CCCNC(Cc1nccs1)C1CN(CCC)CCO1. The van der Waals surface area contributed by atoms with E-state index in [-0.39, 0.29) is 6.10 Å². The Kier molecular flexibility index (Phi) is 6.93. The highest BCUT2D eigenvalue weighted by Gasteiger charge is 2.28. The number of nitrogens with one attached hydrogen (secondary N) is 1. The van der Waals surface area contributed by atoms with Gasteiger partial charge in [-0.05, 0) is 25.9 Å². The summed E-state index contributed by atoms with van der Waals surface area (Å²) in [6, 6.07) is 0.376. The molecule has 0 radical (unpaired) electrons. The van der Waals surface area contributed by atoms with Crippen molar-refractivity contribution in [3.63, 3.8) is 0 Å². The van der Waals surface area contributed by atoms with E-state index in [9.17, 15) is 0 Å². The summed E-state index contributed by atoms with van der Waals surface area (Å²) in [5.74, 6) is 0. The predicted molar refractivity (Wildman–Crippen MR) is 84.4 cm³/mol. The zero-order valence-corrected chi connectivity index (χ0v) is 13.5. The van der Waals surface area contributed by atoms with Crippen LogP contribution in [0.15, 0.2) is 11.6 Å². The molecule has 1 aliphatic rings. The Hall–Kier alpha value is -0.490. The summed E-state index contributed by atoms with van der Waals surface area (Å²) in [7, 11) is 0. The van der Waals surface area contributed by atoms with Gasteiger partial charge in [0.25, 0.3) is 0 Å². The first-order valence-corrected chi connectivity index (χ1v) is 8.67. The van der Waals surface area contributed by atoms with Crippen molar-refractivity contribution in [2.24, 2.45) is 0 Å². The van der Waals surface area contributed by atoms with Crippen LogP contribution in [0.4, 0.5) is 0 Å².